The summed E-state index contributed by atoms with van der Waals surface area (Å²) in [5, 5.41) is 10.1. The molecular weight excluding hydrogens is 168 g/mol. The highest BCUT2D eigenvalue weighted by atomic mass is 16.4. The molecule has 1 heterocycles. The topological polar surface area (TPSA) is 79.0 Å². The number of nitrogens with two attached hydrogens (primary N) is 1. The molecule has 4 heteroatoms. The first-order valence-electron chi connectivity index (χ1n) is 3.72. The third-order valence-corrected chi connectivity index (χ3v) is 1.55. The Hall–Kier alpha value is -1.84. The van der Waals surface area contributed by atoms with E-state index in [1.165, 1.54) is 6.08 Å². The van der Waals surface area contributed by atoms with Gasteiger partial charge in [-0.2, -0.15) is 0 Å². The van der Waals surface area contributed by atoms with Crippen molar-refractivity contribution in [1.82, 2.24) is 4.98 Å². The maximum Gasteiger partial charge on any atom is 0.123 e. The number of hydrogen-bond acceptors (Lipinski definition) is 4. The molecule has 0 aliphatic rings. The molecule has 0 bridgehead atoms. The highest BCUT2D eigenvalue weighted by Crippen LogP contribution is 2.09. The largest absolute Gasteiger partial charge is 0.545 e. The molecule has 0 atom stereocenters. The average molecular weight is 177 g/mol. The monoisotopic (exact) mass is 177 g/mol. The molecule has 1 aromatic heterocycles. The van der Waals surface area contributed by atoms with E-state index in [1.807, 2.05) is 0 Å². The number of carbonyl (C=O) groups excluding carboxylic acids is 1. The Kier molecular flexibility index (Phi) is 2.64. The summed E-state index contributed by atoms with van der Waals surface area (Å²) in [5.41, 5.74) is 6.83. The molecule has 0 radical (unpaired) electrons. The van der Waals surface area contributed by atoms with E-state index in [0.717, 1.165) is 11.6 Å². The van der Waals surface area contributed by atoms with Gasteiger partial charge in [-0.1, -0.05) is 6.08 Å². The summed E-state index contributed by atoms with van der Waals surface area (Å²) in [7, 11) is 0. The van der Waals surface area contributed by atoms with Gasteiger partial charge in [0.25, 0.3) is 0 Å². The summed E-state index contributed by atoms with van der Waals surface area (Å²) in [4.78, 5) is 14.1. The van der Waals surface area contributed by atoms with E-state index in [9.17, 15) is 9.90 Å². The van der Waals surface area contributed by atoms with Gasteiger partial charge in [-0.05, 0) is 30.7 Å². The van der Waals surface area contributed by atoms with Crippen LogP contribution < -0.4 is 10.8 Å². The molecule has 0 aromatic carbocycles. The quantitative estimate of drug-likeness (QED) is 0.631. The third-order valence-electron chi connectivity index (χ3n) is 1.55. The lowest BCUT2D eigenvalue weighted by atomic mass is 10.2. The standard InChI is InChI=1S/C9H10N2O2/c1-6-7(3-5-9(12)13)2-4-8(10)11-6/h2-5H,1H3,(H2,10,11)(H,12,13)/p-1/b5-3+. The van der Waals surface area contributed by atoms with Crippen LogP contribution in [0.25, 0.3) is 6.08 Å². The molecular formula is C9H9N2O2-. The fraction of sp³-hybridized carbons (Fsp3) is 0.111. The van der Waals surface area contributed by atoms with Crippen LogP contribution >= 0.6 is 0 Å². The minimum Gasteiger partial charge on any atom is -0.545 e. The van der Waals surface area contributed by atoms with E-state index in [-0.39, 0.29) is 0 Å². The number of carbonyl (C=O) groups is 1. The number of aliphatic carboxylic acids is 1. The van der Waals surface area contributed by atoms with E-state index in [0.29, 0.717) is 11.5 Å². The lowest BCUT2D eigenvalue weighted by Crippen LogP contribution is -2.18. The highest BCUT2D eigenvalue weighted by molar-refractivity contribution is 5.83. The Morgan fingerprint density at radius 1 is 1.62 bits per heavy atom. The molecule has 4 nitrogen and oxygen atoms in total. The van der Waals surface area contributed by atoms with Crippen LogP contribution in [0.15, 0.2) is 18.2 Å². The Balaban J connectivity index is 2.96. The van der Waals surface area contributed by atoms with Crippen LogP contribution in [0.3, 0.4) is 0 Å². The van der Waals surface area contributed by atoms with Gasteiger partial charge < -0.3 is 15.6 Å². The van der Waals surface area contributed by atoms with Gasteiger partial charge in [0.2, 0.25) is 0 Å². The van der Waals surface area contributed by atoms with Crippen LogP contribution in [0.1, 0.15) is 11.3 Å². The minimum absolute atomic E-state index is 0.420. The zero-order valence-corrected chi connectivity index (χ0v) is 7.15. The number of nitrogen functional groups attached to an aromatic ring is 1. The summed E-state index contributed by atoms with van der Waals surface area (Å²) < 4.78 is 0. The van der Waals surface area contributed by atoms with E-state index in [2.05, 4.69) is 4.98 Å². The fourth-order valence-electron chi connectivity index (χ4n) is 0.925. The molecule has 1 aromatic rings. The van der Waals surface area contributed by atoms with Crippen molar-refractivity contribution >= 4 is 17.9 Å². The van der Waals surface area contributed by atoms with Crippen molar-refractivity contribution in [2.24, 2.45) is 0 Å². The average Bonchev–Trinajstić information content (AvgIpc) is 2.02. The maximum absolute atomic E-state index is 10.1. The number of carboxylic acids is 1. The number of pyridine rings is 1. The first kappa shape index (κ1) is 9.25. The summed E-state index contributed by atoms with van der Waals surface area (Å²) in [6.45, 7) is 1.76. The Labute approximate surface area is 75.7 Å². The van der Waals surface area contributed by atoms with Crippen molar-refractivity contribution in [3.63, 3.8) is 0 Å². The lowest BCUT2D eigenvalue weighted by molar-refractivity contribution is -0.297. The molecule has 13 heavy (non-hydrogen) atoms. The Morgan fingerprint density at radius 3 is 2.85 bits per heavy atom. The molecule has 1 rings (SSSR count). The van der Waals surface area contributed by atoms with Gasteiger partial charge in [0.05, 0.1) is 5.97 Å². The summed E-state index contributed by atoms with van der Waals surface area (Å²) in [6.07, 6.45) is 2.39. The number of hydrogen-bond donors (Lipinski definition) is 1. The van der Waals surface area contributed by atoms with Crippen molar-refractivity contribution in [2.45, 2.75) is 6.92 Å². The number of aryl methyl sites for hydroxylation is 1. The normalized spacial score (nSPS) is 10.5. The SMILES string of the molecule is Cc1nc(N)ccc1/C=C/C(=O)[O-]. The molecule has 0 fully saturated rings. The zero-order chi connectivity index (χ0) is 9.84. The highest BCUT2D eigenvalue weighted by Gasteiger charge is 1.94. The van der Waals surface area contributed by atoms with Crippen LogP contribution in [-0.4, -0.2) is 11.0 Å². The molecule has 0 saturated heterocycles. The predicted molar refractivity (Wildman–Crippen MR) is 47.4 cm³/mol. The second-order valence-electron chi connectivity index (χ2n) is 2.56. The predicted octanol–water partition coefficient (Wildman–Crippen LogP) is -0.265. The molecule has 0 unspecified atom stereocenters. The van der Waals surface area contributed by atoms with Crippen LogP contribution in [0.4, 0.5) is 5.82 Å². The van der Waals surface area contributed by atoms with Crippen molar-refractivity contribution in [3.05, 3.63) is 29.5 Å². The second kappa shape index (κ2) is 3.71. The number of carboxylic acid groups (broad SMARTS) is 1. The van der Waals surface area contributed by atoms with Crippen molar-refractivity contribution in [3.8, 4) is 0 Å². The van der Waals surface area contributed by atoms with Gasteiger partial charge in [0.15, 0.2) is 0 Å². The van der Waals surface area contributed by atoms with Gasteiger partial charge in [0, 0.05) is 5.69 Å². The summed E-state index contributed by atoms with van der Waals surface area (Å²) in [6, 6.07) is 3.32. The molecule has 0 aliphatic carbocycles. The zero-order valence-electron chi connectivity index (χ0n) is 7.15. The van der Waals surface area contributed by atoms with Gasteiger partial charge >= 0.3 is 0 Å². The number of aromatic nitrogens is 1. The van der Waals surface area contributed by atoms with E-state index in [1.54, 1.807) is 19.1 Å². The number of anilines is 1. The van der Waals surface area contributed by atoms with Gasteiger partial charge in [-0.15, -0.1) is 0 Å². The molecule has 0 aliphatic heterocycles. The van der Waals surface area contributed by atoms with Gasteiger partial charge in [0.1, 0.15) is 5.82 Å². The van der Waals surface area contributed by atoms with Crippen LogP contribution in [0.2, 0.25) is 0 Å². The van der Waals surface area contributed by atoms with Crippen LogP contribution in [-0.2, 0) is 4.79 Å². The minimum atomic E-state index is -1.23. The van der Waals surface area contributed by atoms with Crippen LogP contribution in [0.5, 0.6) is 0 Å². The first-order valence-corrected chi connectivity index (χ1v) is 3.72. The molecule has 0 spiro atoms. The molecule has 0 amide bonds. The van der Waals surface area contributed by atoms with E-state index >= 15 is 0 Å². The van der Waals surface area contributed by atoms with Crippen molar-refractivity contribution < 1.29 is 9.90 Å². The molecule has 2 N–H and O–H groups in total. The van der Waals surface area contributed by atoms with Gasteiger partial charge in [-0.25, -0.2) is 4.98 Å². The summed E-state index contributed by atoms with van der Waals surface area (Å²) in [5.74, 6) is -0.806. The third kappa shape index (κ3) is 2.59. The second-order valence-corrected chi connectivity index (χ2v) is 2.56. The number of rotatable bonds is 2. The molecule has 0 saturated carbocycles. The van der Waals surface area contributed by atoms with E-state index in [4.69, 9.17) is 5.73 Å². The van der Waals surface area contributed by atoms with Crippen molar-refractivity contribution in [2.75, 3.05) is 5.73 Å². The smallest absolute Gasteiger partial charge is 0.123 e. The van der Waals surface area contributed by atoms with Crippen molar-refractivity contribution in [1.29, 1.82) is 0 Å². The summed E-state index contributed by atoms with van der Waals surface area (Å²) >= 11 is 0. The number of nitrogens with zero attached hydrogens (tertiary/aromatic N) is 1. The first-order chi connectivity index (χ1) is 6.09. The molecule has 68 valence electrons. The van der Waals surface area contributed by atoms with E-state index < -0.39 is 5.97 Å². The fourth-order valence-corrected chi connectivity index (χ4v) is 0.925. The van der Waals surface area contributed by atoms with Gasteiger partial charge in [-0.3, -0.25) is 0 Å². The Bertz CT molecular complexity index is 359. The Morgan fingerprint density at radius 2 is 2.31 bits per heavy atom. The lowest BCUT2D eigenvalue weighted by Gasteiger charge is -2.00. The van der Waals surface area contributed by atoms with Crippen LogP contribution in [0, 0.1) is 6.92 Å². The maximum atomic E-state index is 10.1.